The minimum absolute atomic E-state index is 0.176. The highest BCUT2D eigenvalue weighted by atomic mass is 32.1. The molecule has 18 heavy (non-hydrogen) atoms. The van der Waals surface area contributed by atoms with E-state index in [0.29, 0.717) is 6.54 Å². The highest BCUT2D eigenvalue weighted by molar-refractivity contribution is 7.80. The van der Waals surface area contributed by atoms with Crippen LogP contribution in [-0.2, 0) is 0 Å². The van der Waals surface area contributed by atoms with Crippen molar-refractivity contribution in [2.24, 2.45) is 0 Å². The zero-order valence-corrected chi connectivity index (χ0v) is 10.7. The van der Waals surface area contributed by atoms with Crippen LogP contribution in [0.1, 0.15) is 19.8 Å². The predicted molar refractivity (Wildman–Crippen MR) is 72.2 cm³/mol. The van der Waals surface area contributed by atoms with Crippen molar-refractivity contribution in [1.82, 2.24) is 5.32 Å². The molecule has 0 saturated carbocycles. The standard InChI is InChI=1S/C11H14FN3O2S/c1-2-3-6-13-11(18)14-9-5-4-8(12)7-10(9)15(16)17/h4-5,7H,2-3,6H2,1H3,(H2,13,14,18). The Labute approximate surface area is 110 Å². The number of nitro benzene ring substituents is 1. The largest absolute Gasteiger partial charge is 0.362 e. The van der Waals surface area contributed by atoms with Gasteiger partial charge >= 0.3 is 0 Å². The third-order valence-electron chi connectivity index (χ3n) is 2.22. The van der Waals surface area contributed by atoms with Crippen molar-refractivity contribution in [3.05, 3.63) is 34.1 Å². The van der Waals surface area contributed by atoms with Gasteiger partial charge in [0.25, 0.3) is 5.69 Å². The maximum absolute atomic E-state index is 12.9. The first-order valence-electron chi connectivity index (χ1n) is 5.53. The maximum atomic E-state index is 12.9. The molecular weight excluding hydrogens is 257 g/mol. The third-order valence-corrected chi connectivity index (χ3v) is 2.47. The fraction of sp³-hybridized carbons (Fsp3) is 0.364. The SMILES string of the molecule is CCCCNC(=S)Nc1ccc(F)cc1[N+](=O)[O-]. The molecule has 2 N–H and O–H groups in total. The number of halogens is 1. The van der Waals surface area contributed by atoms with Crippen LogP contribution in [0.15, 0.2) is 18.2 Å². The van der Waals surface area contributed by atoms with Gasteiger partial charge in [0.2, 0.25) is 0 Å². The van der Waals surface area contributed by atoms with Gasteiger partial charge in [-0.3, -0.25) is 10.1 Å². The van der Waals surface area contributed by atoms with Crippen LogP contribution < -0.4 is 10.6 Å². The number of unbranched alkanes of at least 4 members (excludes halogenated alkanes) is 1. The predicted octanol–water partition coefficient (Wildman–Crippen LogP) is 2.82. The number of thiocarbonyl (C=S) groups is 1. The zero-order chi connectivity index (χ0) is 13.5. The first-order valence-corrected chi connectivity index (χ1v) is 5.94. The molecule has 1 rings (SSSR count). The van der Waals surface area contributed by atoms with Gasteiger partial charge in [-0.25, -0.2) is 4.39 Å². The van der Waals surface area contributed by atoms with Gasteiger partial charge in [0.15, 0.2) is 5.11 Å². The Morgan fingerprint density at radius 3 is 2.89 bits per heavy atom. The number of anilines is 1. The molecule has 0 aromatic heterocycles. The van der Waals surface area contributed by atoms with Gasteiger partial charge in [-0.15, -0.1) is 0 Å². The number of nitrogens with zero attached hydrogens (tertiary/aromatic N) is 1. The number of nitrogens with one attached hydrogen (secondary N) is 2. The Morgan fingerprint density at radius 1 is 1.56 bits per heavy atom. The minimum Gasteiger partial charge on any atom is -0.362 e. The Balaban J connectivity index is 2.72. The Morgan fingerprint density at radius 2 is 2.28 bits per heavy atom. The van der Waals surface area contributed by atoms with Crippen LogP contribution in [0.25, 0.3) is 0 Å². The highest BCUT2D eigenvalue weighted by Crippen LogP contribution is 2.24. The van der Waals surface area contributed by atoms with Gasteiger partial charge in [0.1, 0.15) is 11.5 Å². The quantitative estimate of drug-likeness (QED) is 0.373. The van der Waals surface area contributed by atoms with Crippen molar-refractivity contribution in [1.29, 1.82) is 0 Å². The van der Waals surface area contributed by atoms with E-state index in [2.05, 4.69) is 10.6 Å². The second-order valence-electron chi connectivity index (χ2n) is 3.65. The molecule has 0 saturated heterocycles. The average molecular weight is 271 g/mol. The molecule has 0 bridgehead atoms. The summed E-state index contributed by atoms with van der Waals surface area (Å²) in [6.45, 7) is 2.74. The summed E-state index contributed by atoms with van der Waals surface area (Å²) in [4.78, 5) is 10.1. The average Bonchev–Trinajstić information content (AvgIpc) is 2.31. The fourth-order valence-corrected chi connectivity index (χ4v) is 1.52. The Bertz CT molecular complexity index is 454. The van der Waals surface area contributed by atoms with Crippen molar-refractivity contribution < 1.29 is 9.31 Å². The van der Waals surface area contributed by atoms with Crippen molar-refractivity contribution in [2.45, 2.75) is 19.8 Å². The molecule has 1 aromatic rings. The summed E-state index contributed by atoms with van der Waals surface area (Å²) in [5, 5.41) is 16.6. The van der Waals surface area contributed by atoms with E-state index in [1.807, 2.05) is 6.92 Å². The van der Waals surface area contributed by atoms with Gasteiger partial charge in [-0.1, -0.05) is 13.3 Å². The molecule has 0 aliphatic rings. The molecule has 0 fully saturated rings. The molecule has 98 valence electrons. The third kappa shape index (κ3) is 4.25. The van der Waals surface area contributed by atoms with Crippen molar-refractivity contribution in [3.63, 3.8) is 0 Å². The van der Waals surface area contributed by atoms with E-state index in [4.69, 9.17) is 12.2 Å². The van der Waals surface area contributed by atoms with Crippen LogP contribution in [0.5, 0.6) is 0 Å². The lowest BCUT2D eigenvalue weighted by atomic mass is 10.2. The summed E-state index contributed by atoms with van der Waals surface area (Å²) < 4.78 is 12.9. The normalized spacial score (nSPS) is 9.89. The topological polar surface area (TPSA) is 67.2 Å². The van der Waals surface area contributed by atoms with Crippen LogP contribution in [0.3, 0.4) is 0 Å². The molecule has 0 radical (unpaired) electrons. The summed E-state index contributed by atoms with van der Waals surface area (Å²) >= 11 is 4.99. The van der Waals surface area contributed by atoms with Crippen LogP contribution in [0.4, 0.5) is 15.8 Å². The first-order chi connectivity index (χ1) is 8.54. The second kappa shape index (κ2) is 6.85. The molecule has 0 amide bonds. The van der Waals surface area contributed by atoms with Crippen molar-refractivity contribution in [2.75, 3.05) is 11.9 Å². The summed E-state index contributed by atoms with van der Waals surface area (Å²) in [6, 6.07) is 3.29. The van der Waals surface area contributed by atoms with Crippen molar-refractivity contribution in [3.8, 4) is 0 Å². The van der Waals surface area contributed by atoms with Gasteiger partial charge < -0.3 is 10.6 Å². The van der Waals surface area contributed by atoms with Gasteiger partial charge in [-0.2, -0.15) is 0 Å². The van der Waals surface area contributed by atoms with E-state index in [-0.39, 0.29) is 16.5 Å². The monoisotopic (exact) mass is 271 g/mol. The number of rotatable bonds is 5. The smallest absolute Gasteiger partial charge is 0.295 e. The Kier molecular flexibility index (Phi) is 5.44. The molecule has 0 unspecified atom stereocenters. The van der Waals surface area contributed by atoms with E-state index in [0.717, 1.165) is 25.0 Å². The molecule has 0 aliphatic carbocycles. The van der Waals surface area contributed by atoms with E-state index < -0.39 is 10.7 Å². The van der Waals surface area contributed by atoms with E-state index in [9.17, 15) is 14.5 Å². The molecule has 0 spiro atoms. The van der Waals surface area contributed by atoms with Crippen LogP contribution in [0, 0.1) is 15.9 Å². The van der Waals surface area contributed by atoms with Gasteiger partial charge in [-0.05, 0) is 30.8 Å². The molecule has 0 aliphatic heterocycles. The number of nitro groups is 1. The van der Waals surface area contributed by atoms with Crippen LogP contribution in [0.2, 0.25) is 0 Å². The Hall–Kier alpha value is -1.76. The maximum Gasteiger partial charge on any atom is 0.295 e. The lowest BCUT2D eigenvalue weighted by Gasteiger charge is -2.10. The van der Waals surface area contributed by atoms with Gasteiger partial charge in [0.05, 0.1) is 11.0 Å². The molecule has 0 atom stereocenters. The summed E-state index contributed by atoms with van der Waals surface area (Å²) in [5.74, 6) is -0.655. The molecule has 7 heteroatoms. The molecule has 5 nitrogen and oxygen atoms in total. The zero-order valence-electron chi connectivity index (χ0n) is 9.90. The van der Waals surface area contributed by atoms with E-state index in [1.165, 1.54) is 6.07 Å². The number of benzene rings is 1. The van der Waals surface area contributed by atoms with E-state index >= 15 is 0 Å². The molecule has 0 heterocycles. The molecule has 1 aromatic carbocycles. The van der Waals surface area contributed by atoms with Gasteiger partial charge in [0, 0.05) is 6.54 Å². The summed E-state index contributed by atoms with van der Waals surface area (Å²) in [5.41, 5.74) is -0.162. The van der Waals surface area contributed by atoms with E-state index in [1.54, 1.807) is 0 Å². The summed E-state index contributed by atoms with van der Waals surface area (Å²) in [6.07, 6.45) is 1.97. The van der Waals surface area contributed by atoms with Crippen molar-refractivity contribution >= 4 is 28.7 Å². The molecular formula is C11H14FN3O2S. The summed E-state index contributed by atoms with van der Waals surface area (Å²) in [7, 11) is 0. The van der Waals surface area contributed by atoms with Crippen LogP contribution >= 0.6 is 12.2 Å². The fourth-order valence-electron chi connectivity index (χ4n) is 1.31. The second-order valence-corrected chi connectivity index (χ2v) is 4.06. The highest BCUT2D eigenvalue weighted by Gasteiger charge is 2.15. The number of hydrogen-bond donors (Lipinski definition) is 2. The van der Waals surface area contributed by atoms with Crippen LogP contribution in [-0.4, -0.2) is 16.6 Å². The lowest BCUT2D eigenvalue weighted by molar-refractivity contribution is -0.384. The minimum atomic E-state index is -0.655. The lowest BCUT2D eigenvalue weighted by Crippen LogP contribution is -2.29. The number of hydrogen-bond acceptors (Lipinski definition) is 3. The first kappa shape index (κ1) is 14.3.